The van der Waals surface area contributed by atoms with Crippen LogP contribution in [0.25, 0.3) is 0 Å². The number of hydrogen-bond acceptors (Lipinski definition) is 5. The molecule has 0 bridgehead atoms. The summed E-state index contributed by atoms with van der Waals surface area (Å²) in [5.41, 5.74) is 0. The largest absolute Gasteiger partial charge is 0.462 e. The Kier molecular flexibility index (Phi) is 44.2. The molecule has 0 heterocycles. The Bertz CT molecular complexity index is 1000. The van der Waals surface area contributed by atoms with Crippen LogP contribution in [-0.4, -0.2) is 46.9 Å². The SMILES string of the molecule is CCCCC/C=C\C/C=C\C/C=C\C/C=C\CCCC(=O)OC(CCCCCCCCCCC)CC(=O)NC(CO)C(O)CCCCCCCCCCCCCCC. The summed E-state index contributed by atoms with van der Waals surface area (Å²) >= 11 is 0. The van der Waals surface area contributed by atoms with Crippen LogP contribution in [0, 0.1) is 0 Å². The number of carbonyl (C=O) groups excluding carboxylic acids is 2. The van der Waals surface area contributed by atoms with Crippen LogP contribution in [0.2, 0.25) is 0 Å². The zero-order valence-electron chi connectivity index (χ0n) is 38.4. The van der Waals surface area contributed by atoms with Crippen LogP contribution in [0.5, 0.6) is 0 Å². The van der Waals surface area contributed by atoms with Gasteiger partial charge in [-0.15, -0.1) is 0 Å². The number of aliphatic hydroxyl groups excluding tert-OH is 2. The number of unbranched alkanes of at least 4 members (excludes halogenated alkanes) is 24. The van der Waals surface area contributed by atoms with Crippen molar-refractivity contribution in [3.05, 3.63) is 48.6 Å². The molecule has 3 atom stereocenters. The summed E-state index contributed by atoms with van der Waals surface area (Å²) in [6.07, 6.45) is 54.6. The normalized spacial score (nSPS) is 13.7. The molecule has 3 N–H and O–H groups in total. The zero-order chi connectivity index (χ0) is 42.4. The van der Waals surface area contributed by atoms with Gasteiger partial charge in [-0.2, -0.15) is 0 Å². The summed E-state index contributed by atoms with van der Waals surface area (Å²) in [6, 6.07) is -0.709. The number of esters is 1. The Labute approximate surface area is 359 Å². The maximum atomic E-state index is 13.1. The second-order valence-electron chi connectivity index (χ2n) is 16.9. The molecule has 0 aromatic carbocycles. The molecule has 338 valence electrons. The lowest BCUT2D eigenvalue weighted by Gasteiger charge is -2.24. The van der Waals surface area contributed by atoms with Crippen molar-refractivity contribution in [2.24, 2.45) is 0 Å². The molecule has 6 nitrogen and oxygen atoms in total. The van der Waals surface area contributed by atoms with Gasteiger partial charge in [0.1, 0.15) is 6.10 Å². The summed E-state index contributed by atoms with van der Waals surface area (Å²) in [5, 5.41) is 23.7. The Morgan fingerprint density at radius 2 is 0.879 bits per heavy atom. The van der Waals surface area contributed by atoms with E-state index in [-0.39, 0.29) is 24.9 Å². The van der Waals surface area contributed by atoms with E-state index in [0.717, 1.165) is 64.2 Å². The van der Waals surface area contributed by atoms with E-state index < -0.39 is 18.2 Å². The van der Waals surface area contributed by atoms with Crippen molar-refractivity contribution in [3.63, 3.8) is 0 Å². The first kappa shape index (κ1) is 55.8. The zero-order valence-corrected chi connectivity index (χ0v) is 38.4. The Balaban J connectivity index is 4.56. The minimum atomic E-state index is -0.794. The summed E-state index contributed by atoms with van der Waals surface area (Å²) < 4.78 is 5.88. The third-order valence-electron chi connectivity index (χ3n) is 11.2. The number of hydrogen-bond donors (Lipinski definition) is 3. The number of amides is 1. The second-order valence-corrected chi connectivity index (χ2v) is 16.9. The van der Waals surface area contributed by atoms with E-state index in [1.54, 1.807) is 0 Å². The van der Waals surface area contributed by atoms with Crippen molar-refractivity contribution in [1.82, 2.24) is 5.32 Å². The summed E-state index contributed by atoms with van der Waals surface area (Å²) in [5.74, 6) is -0.538. The van der Waals surface area contributed by atoms with Crippen molar-refractivity contribution in [3.8, 4) is 0 Å². The molecule has 58 heavy (non-hydrogen) atoms. The molecule has 0 saturated heterocycles. The topological polar surface area (TPSA) is 95.9 Å². The van der Waals surface area contributed by atoms with E-state index in [0.29, 0.717) is 25.7 Å². The minimum absolute atomic E-state index is 0.0574. The van der Waals surface area contributed by atoms with Gasteiger partial charge in [-0.3, -0.25) is 9.59 Å². The number of nitrogens with one attached hydrogen (secondary N) is 1. The maximum absolute atomic E-state index is 13.1. The highest BCUT2D eigenvalue weighted by Gasteiger charge is 2.24. The summed E-state index contributed by atoms with van der Waals surface area (Å²) in [6.45, 7) is 6.43. The first-order valence-corrected chi connectivity index (χ1v) is 24.9. The smallest absolute Gasteiger partial charge is 0.306 e. The van der Waals surface area contributed by atoms with Crippen LogP contribution < -0.4 is 5.32 Å². The van der Waals surface area contributed by atoms with E-state index in [9.17, 15) is 19.8 Å². The van der Waals surface area contributed by atoms with Crippen molar-refractivity contribution in [2.45, 2.75) is 264 Å². The number of ether oxygens (including phenoxy) is 1. The van der Waals surface area contributed by atoms with Crippen LogP contribution in [0.3, 0.4) is 0 Å². The third kappa shape index (κ3) is 40.6. The van der Waals surface area contributed by atoms with Gasteiger partial charge in [0.15, 0.2) is 0 Å². The highest BCUT2D eigenvalue weighted by molar-refractivity contribution is 5.77. The summed E-state index contributed by atoms with van der Waals surface area (Å²) in [4.78, 5) is 26.0. The second kappa shape index (κ2) is 45.9. The van der Waals surface area contributed by atoms with Gasteiger partial charge in [-0.1, -0.05) is 217 Å². The monoisotopic (exact) mass is 814 g/mol. The molecule has 0 aromatic heterocycles. The fourth-order valence-electron chi connectivity index (χ4n) is 7.36. The van der Waals surface area contributed by atoms with Gasteiger partial charge in [0.05, 0.1) is 25.2 Å². The highest BCUT2D eigenvalue weighted by Crippen LogP contribution is 2.17. The van der Waals surface area contributed by atoms with Crippen LogP contribution in [0.1, 0.15) is 245 Å². The molecule has 6 heteroatoms. The minimum Gasteiger partial charge on any atom is -0.462 e. The van der Waals surface area contributed by atoms with Crippen molar-refractivity contribution in [1.29, 1.82) is 0 Å². The summed E-state index contributed by atoms with van der Waals surface area (Å²) in [7, 11) is 0. The van der Waals surface area contributed by atoms with Gasteiger partial charge in [0.25, 0.3) is 0 Å². The standard InChI is InChI=1S/C52H95NO5/c1-4-7-10-13-16-19-21-23-24-25-26-28-30-33-36-39-42-45-52(57)58-48(43-40-37-34-31-18-15-12-9-6-3)46-51(56)53-49(47-54)50(55)44-41-38-35-32-29-27-22-20-17-14-11-8-5-2/h16,19,23-24,26,28,33,36,48-50,54-55H,4-15,17-18,20-22,25,27,29-32,34-35,37-47H2,1-3H3,(H,53,56)/b19-16-,24-23-,28-26-,36-33-. The van der Waals surface area contributed by atoms with Crippen LogP contribution in [-0.2, 0) is 14.3 Å². The lowest BCUT2D eigenvalue weighted by atomic mass is 10.0. The van der Waals surface area contributed by atoms with Gasteiger partial charge in [0, 0.05) is 6.42 Å². The number of carbonyl (C=O) groups is 2. The molecule has 0 aliphatic carbocycles. The molecule has 0 aliphatic rings. The van der Waals surface area contributed by atoms with E-state index in [1.165, 1.54) is 128 Å². The predicted octanol–water partition coefficient (Wildman–Crippen LogP) is 14.7. The van der Waals surface area contributed by atoms with E-state index in [2.05, 4.69) is 74.7 Å². The number of allylic oxidation sites excluding steroid dienone is 8. The Morgan fingerprint density at radius 1 is 0.500 bits per heavy atom. The lowest BCUT2D eigenvalue weighted by Crippen LogP contribution is -2.46. The van der Waals surface area contributed by atoms with Gasteiger partial charge < -0.3 is 20.3 Å². The molecule has 0 saturated carbocycles. The van der Waals surface area contributed by atoms with Crippen LogP contribution >= 0.6 is 0 Å². The average molecular weight is 814 g/mol. The van der Waals surface area contributed by atoms with Gasteiger partial charge in [0.2, 0.25) is 5.91 Å². The third-order valence-corrected chi connectivity index (χ3v) is 11.2. The molecule has 0 rings (SSSR count). The number of aliphatic hydroxyl groups is 2. The first-order valence-electron chi connectivity index (χ1n) is 24.9. The maximum Gasteiger partial charge on any atom is 0.306 e. The molecular weight excluding hydrogens is 719 g/mol. The molecule has 3 unspecified atom stereocenters. The molecule has 1 amide bonds. The molecule has 0 fully saturated rings. The van der Waals surface area contributed by atoms with Crippen molar-refractivity contribution in [2.75, 3.05) is 6.61 Å². The quantitative estimate of drug-likeness (QED) is 0.0323. The molecule has 0 aliphatic heterocycles. The van der Waals surface area contributed by atoms with Gasteiger partial charge in [-0.05, 0) is 64.2 Å². The first-order chi connectivity index (χ1) is 28.5. The van der Waals surface area contributed by atoms with Gasteiger partial charge in [-0.25, -0.2) is 0 Å². The van der Waals surface area contributed by atoms with E-state index in [4.69, 9.17) is 4.74 Å². The predicted molar refractivity (Wildman–Crippen MR) is 250 cm³/mol. The molecular formula is C52H95NO5. The fraction of sp³-hybridized carbons (Fsp3) is 0.808. The van der Waals surface area contributed by atoms with Crippen molar-refractivity contribution >= 4 is 11.9 Å². The Hall–Kier alpha value is -2.18. The van der Waals surface area contributed by atoms with E-state index in [1.807, 2.05) is 0 Å². The number of rotatable bonds is 44. The lowest BCUT2D eigenvalue weighted by molar-refractivity contribution is -0.151. The van der Waals surface area contributed by atoms with Crippen molar-refractivity contribution < 1.29 is 24.5 Å². The molecule has 0 radical (unpaired) electrons. The van der Waals surface area contributed by atoms with Crippen LogP contribution in [0.15, 0.2) is 48.6 Å². The average Bonchev–Trinajstić information content (AvgIpc) is 3.22. The van der Waals surface area contributed by atoms with E-state index >= 15 is 0 Å². The fourth-order valence-corrected chi connectivity index (χ4v) is 7.36. The Morgan fingerprint density at radius 3 is 1.33 bits per heavy atom. The molecule has 0 spiro atoms. The van der Waals surface area contributed by atoms with Gasteiger partial charge >= 0.3 is 5.97 Å². The highest BCUT2D eigenvalue weighted by atomic mass is 16.5. The van der Waals surface area contributed by atoms with Crippen LogP contribution in [0.4, 0.5) is 0 Å². The molecule has 0 aromatic rings.